The molecule has 0 aromatic heterocycles. The molecule has 2 aromatic rings. The first-order valence-corrected chi connectivity index (χ1v) is 14.8. The van der Waals surface area contributed by atoms with Gasteiger partial charge in [0.15, 0.2) is 6.10 Å². The van der Waals surface area contributed by atoms with Crippen LogP contribution in [0.4, 0.5) is 0 Å². The standard InChI is InChI=1S/C33H52O3/c1-3-5-7-9-11-13-15-17-29-19-23-31(24-20-29)35-28-33(27-34)36-32-25-21-30(22-26-32)18-16-14-12-10-8-6-4-2/h19-26,33-34H,3-18,27-28H2,1-2H3. The molecule has 0 amide bonds. The fourth-order valence-corrected chi connectivity index (χ4v) is 4.57. The van der Waals surface area contributed by atoms with Gasteiger partial charge in [-0.3, -0.25) is 0 Å². The van der Waals surface area contributed by atoms with Gasteiger partial charge in [0.1, 0.15) is 18.1 Å². The predicted octanol–water partition coefficient (Wildman–Crippen LogP) is 9.09. The highest BCUT2D eigenvalue weighted by Gasteiger charge is 2.11. The predicted molar refractivity (Wildman–Crippen MR) is 153 cm³/mol. The number of ether oxygens (including phenoxy) is 2. The molecule has 1 atom stereocenters. The van der Waals surface area contributed by atoms with Crippen LogP contribution in [0.15, 0.2) is 48.5 Å². The molecule has 3 nitrogen and oxygen atoms in total. The highest BCUT2D eigenvalue weighted by Crippen LogP contribution is 2.19. The highest BCUT2D eigenvalue weighted by molar-refractivity contribution is 5.28. The van der Waals surface area contributed by atoms with Crippen molar-refractivity contribution in [3.05, 3.63) is 59.7 Å². The Balaban J connectivity index is 1.62. The van der Waals surface area contributed by atoms with Gasteiger partial charge in [-0.1, -0.05) is 115 Å². The van der Waals surface area contributed by atoms with E-state index < -0.39 is 0 Å². The van der Waals surface area contributed by atoms with Gasteiger partial charge in [-0.15, -0.1) is 0 Å². The SMILES string of the molecule is CCCCCCCCCc1ccc(OCC(CO)Oc2ccc(CCCCCCCCC)cc2)cc1. The van der Waals surface area contributed by atoms with E-state index in [0.29, 0.717) is 6.61 Å². The van der Waals surface area contributed by atoms with Crippen molar-refractivity contribution in [1.29, 1.82) is 0 Å². The zero-order chi connectivity index (χ0) is 25.7. The summed E-state index contributed by atoms with van der Waals surface area (Å²) in [7, 11) is 0. The van der Waals surface area contributed by atoms with Gasteiger partial charge in [-0.2, -0.15) is 0 Å². The number of rotatable bonds is 22. The second kappa shape index (κ2) is 20.1. The first kappa shape index (κ1) is 30.2. The van der Waals surface area contributed by atoms with Gasteiger partial charge >= 0.3 is 0 Å². The molecule has 2 aromatic carbocycles. The van der Waals surface area contributed by atoms with Crippen molar-refractivity contribution in [1.82, 2.24) is 0 Å². The molecule has 2 rings (SSSR count). The fraction of sp³-hybridized carbons (Fsp3) is 0.636. The highest BCUT2D eigenvalue weighted by atomic mass is 16.5. The van der Waals surface area contributed by atoms with Gasteiger partial charge in [0.25, 0.3) is 0 Å². The van der Waals surface area contributed by atoms with Crippen LogP contribution in [0.3, 0.4) is 0 Å². The number of aliphatic hydroxyl groups excluding tert-OH is 1. The van der Waals surface area contributed by atoms with Crippen LogP contribution in [0.25, 0.3) is 0 Å². The van der Waals surface area contributed by atoms with Gasteiger partial charge in [0.2, 0.25) is 0 Å². The van der Waals surface area contributed by atoms with Crippen molar-refractivity contribution in [3.63, 3.8) is 0 Å². The molecule has 202 valence electrons. The van der Waals surface area contributed by atoms with Crippen LogP contribution in [0.2, 0.25) is 0 Å². The second-order valence-corrected chi connectivity index (χ2v) is 10.3. The van der Waals surface area contributed by atoms with Crippen LogP contribution in [0.1, 0.15) is 115 Å². The molecule has 36 heavy (non-hydrogen) atoms. The minimum atomic E-state index is -0.383. The molecule has 0 aliphatic carbocycles. The summed E-state index contributed by atoms with van der Waals surface area (Å²) >= 11 is 0. The molecular formula is C33H52O3. The van der Waals surface area contributed by atoms with Crippen LogP contribution in [-0.4, -0.2) is 24.4 Å². The number of benzene rings is 2. The smallest absolute Gasteiger partial charge is 0.155 e. The average molecular weight is 497 g/mol. The molecule has 0 spiro atoms. The normalized spacial score (nSPS) is 12.0. The van der Waals surface area contributed by atoms with Crippen LogP contribution in [0, 0.1) is 0 Å². The summed E-state index contributed by atoms with van der Waals surface area (Å²) in [6.07, 6.45) is 20.6. The molecule has 3 heteroatoms. The van der Waals surface area contributed by atoms with Crippen molar-refractivity contribution in [2.24, 2.45) is 0 Å². The third kappa shape index (κ3) is 13.9. The van der Waals surface area contributed by atoms with E-state index in [1.165, 1.54) is 101 Å². The lowest BCUT2D eigenvalue weighted by Crippen LogP contribution is -2.28. The van der Waals surface area contributed by atoms with Crippen molar-refractivity contribution < 1.29 is 14.6 Å². The molecule has 0 fully saturated rings. The number of unbranched alkanes of at least 4 members (excludes halogenated alkanes) is 12. The Morgan fingerprint density at radius 3 is 1.42 bits per heavy atom. The van der Waals surface area contributed by atoms with E-state index in [4.69, 9.17) is 9.47 Å². The molecule has 1 unspecified atom stereocenters. The largest absolute Gasteiger partial charge is 0.490 e. The third-order valence-corrected chi connectivity index (χ3v) is 6.93. The maximum absolute atomic E-state index is 9.77. The van der Waals surface area contributed by atoms with E-state index in [1.54, 1.807) is 0 Å². The van der Waals surface area contributed by atoms with Gasteiger partial charge in [0.05, 0.1) is 6.61 Å². The van der Waals surface area contributed by atoms with Gasteiger partial charge in [-0.25, -0.2) is 0 Å². The molecule has 0 bridgehead atoms. The summed E-state index contributed by atoms with van der Waals surface area (Å²) in [5, 5.41) is 9.77. The first-order chi connectivity index (χ1) is 17.7. The molecule has 0 aliphatic rings. The van der Waals surface area contributed by atoms with Crippen molar-refractivity contribution in [2.45, 2.75) is 123 Å². The number of hydrogen-bond acceptors (Lipinski definition) is 3. The van der Waals surface area contributed by atoms with E-state index in [1.807, 2.05) is 24.3 Å². The molecule has 0 heterocycles. The quantitative estimate of drug-likeness (QED) is 0.165. The summed E-state index contributed by atoms with van der Waals surface area (Å²) in [5.41, 5.74) is 2.71. The van der Waals surface area contributed by atoms with Crippen LogP contribution in [0.5, 0.6) is 11.5 Å². The summed E-state index contributed by atoms with van der Waals surface area (Å²) < 4.78 is 11.9. The molecular weight excluding hydrogens is 444 g/mol. The third-order valence-electron chi connectivity index (χ3n) is 6.93. The second-order valence-electron chi connectivity index (χ2n) is 10.3. The van der Waals surface area contributed by atoms with Gasteiger partial charge < -0.3 is 14.6 Å². The Bertz CT molecular complexity index is 754. The summed E-state index contributed by atoms with van der Waals surface area (Å²) in [6.45, 7) is 4.78. The zero-order valence-corrected chi connectivity index (χ0v) is 23.2. The van der Waals surface area contributed by atoms with Crippen LogP contribution < -0.4 is 9.47 Å². The van der Waals surface area contributed by atoms with E-state index in [9.17, 15) is 5.11 Å². The fourth-order valence-electron chi connectivity index (χ4n) is 4.57. The maximum atomic E-state index is 9.77. The Morgan fingerprint density at radius 2 is 0.972 bits per heavy atom. The lowest BCUT2D eigenvalue weighted by molar-refractivity contribution is 0.0718. The van der Waals surface area contributed by atoms with Crippen molar-refractivity contribution in [3.8, 4) is 11.5 Å². The Kier molecular flexibility index (Phi) is 16.9. The zero-order valence-electron chi connectivity index (χ0n) is 23.2. The average Bonchev–Trinajstić information content (AvgIpc) is 2.91. The molecule has 0 saturated heterocycles. The lowest BCUT2D eigenvalue weighted by Gasteiger charge is -2.18. The lowest BCUT2D eigenvalue weighted by atomic mass is 10.0. The monoisotopic (exact) mass is 496 g/mol. The summed E-state index contributed by atoms with van der Waals surface area (Å²) in [6, 6.07) is 16.7. The number of aliphatic hydroxyl groups is 1. The van der Waals surface area contributed by atoms with E-state index in [2.05, 4.69) is 38.1 Å². The van der Waals surface area contributed by atoms with E-state index >= 15 is 0 Å². The van der Waals surface area contributed by atoms with E-state index in [0.717, 1.165) is 24.3 Å². The van der Waals surface area contributed by atoms with E-state index in [-0.39, 0.29) is 12.7 Å². The minimum Gasteiger partial charge on any atom is -0.490 e. The molecule has 0 aliphatic heterocycles. The Labute approximate surface area is 221 Å². The Hall–Kier alpha value is -2.00. The minimum absolute atomic E-state index is 0.0733. The Morgan fingerprint density at radius 1 is 0.556 bits per heavy atom. The van der Waals surface area contributed by atoms with Crippen molar-refractivity contribution >= 4 is 0 Å². The summed E-state index contributed by atoms with van der Waals surface area (Å²) in [4.78, 5) is 0. The van der Waals surface area contributed by atoms with Crippen LogP contribution in [-0.2, 0) is 12.8 Å². The first-order valence-electron chi connectivity index (χ1n) is 14.8. The van der Waals surface area contributed by atoms with Gasteiger partial charge in [-0.05, 0) is 61.1 Å². The van der Waals surface area contributed by atoms with Crippen LogP contribution >= 0.6 is 0 Å². The summed E-state index contributed by atoms with van der Waals surface area (Å²) in [5.74, 6) is 1.61. The van der Waals surface area contributed by atoms with Gasteiger partial charge in [0, 0.05) is 0 Å². The van der Waals surface area contributed by atoms with Crippen molar-refractivity contribution in [2.75, 3.05) is 13.2 Å². The number of aryl methyl sites for hydroxylation is 2. The topological polar surface area (TPSA) is 38.7 Å². The number of hydrogen-bond donors (Lipinski definition) is 1. The molecule has 0 radical (unpaired) electrons. The molecule has 1 N–H and O–H groups in total. The maximum Gasteiger partial charge on any atom is 0.155 e. The molecule has 0 saturated carbocycles.